The molecule has 1 aromatic heterocycles. The predicted molar refractivity (Wildman–Crippen MR) is 81.3 cm³/mol. The molecule has 21 heavy (non-hydrogen) atoms. The summed E-state index contributed by atoms with van der Waals surface area (Å²) in [7, 11) is 0. The van der Waals surface area contributed by atoms with Gasteiger partial charge in [-0.25, -0.2) is 0 Å². The first-order valence-electron chi connectivity index (χ1n) is 6.75. The van der Waals surface area contributed by atoms with Gasteiger partial charge in [-0.15, -0.1) is 0 Å². The molecule has 0 saturated heterocycles. The zero-order valence-electron chi connectivity index (χ0n) is 12.4. The van der Waals surface area contributed by atoms with Gasteiger partial charge >= 0.3 is 0 Å². The number of pyridine rings is 1. The first-order valence-corrected chi connectivity index (χ1v) is 6.75. The molecule has 0 aliphatic carbocycles. The maximum absolute atomic E-state index is 12.5. The van der Waals surface area contributed by atoms with Gasteiger partial charge in [0, 0.05) is 29.1 Å². The van der Waals surface area contributed by atoms with Crippen LogP contribution in [0.3, 0.4) is 0 Å². The number of hydrogen-bond acceptors (Lipinski definition) is 3. The normalized spacial score (nSPS) is 11.0. The molecule has 1 heterocycles. The number of rotatable bonds is 3. The van der Waals surface area contributed by atoms with Crippen molar-refractivity contribution < 1.29 is 9.59 Å². The third-order valence-corrected chi connectivity index (χ3v) is 2.83. The van der Waals surface area contributed by atoms with Crippen molar-refractivity contribution in [1.82, 2.24) is 10.3 Å². The molecule has 0 aliphatic heterocycles. The lowest BCUT2D eigenvalue weighted by molar-refractivity contribution is 0.0910. The van der Waals surface area contributed by atoms with Crippen molar-refractivity contribution in [1.29, 1.82) is 0 Å². The van der Waals surface area contributed by atoms with Crippen molar-refractivity contribution in [2.75, 3.05) is 0 Å². The summed E-state index contributed by atoms with van der Waals surface area (Å²) >= 11 is 0. The largest absolute Gasteiger partial charge is 0.347 e. The van der Waals surface area contributed by atoms with Crippen LogP contribution in [0.1, 0.15) is 47.1 Å². The van der Waals surface area contributed by atoms with Crippen LogP contribution in [0, 0.1) is 0 Å². The Morgan fingerprint density at radius 2 is 1.67 bits per heavy atom. The molecule has 0 spiro atoms. The molecule has 4 heteroatoms. The molecule has 1 N–H and O–H groups in total. The average Bonchev–Trinajstić information content (AvgIpc) is 2.45. The van der Waals surface area contributed by atoms with Gasteiger partial charge in [0.1, 0.15) is 0 Å². The highest BCUT2D eigenvalue weighted by atomic mass is 16.2. The van der Waals surface area contributed by atoms with Gasteiger partial charge in [-0.3, -0.25) is 14.6 Å². The number of benzene rings is 1. The Morgan fingerprint density at radius 3 is 2.29 bits per heavy atom. The fraction of sp³-hybridized carbons (Fsp3) is 0.235. The molecular weight excluding hydrogens is 264 g/mol. The summed E-state index contributed by atoms with van der Waals surface area (Å²) in [5, 5.41) is 2.85. The highest BCUT2D eigenvalue weighted by molar-refractivity contribution is 6.15. The molecule has 0 aliphatic rings. The van der Waals surface area contributed by atoms with E-state index in [-0.39, 0.29) is 17.2 Å². The van der Waals surface area contributed by atoms with Gasteiger partial charge in [-0.05, 0) is 26.8 Å². The number of nitrogens with zero attached hydrogens (tertiary/aromatic N) is 1. The maximum Gasteiger partial charge on any atom is 0.254 e. The van der Waals surface area contributed by atoms with Crippen LogP contribution in [0.5, 0.6) is 0 Å². The van der Waals surface area contributed by atoms with Crippen LogP contribution in [0.15, 0.2) is 48.8 Å². The minimum Gasteiger partial charge on any atom is -0.347 e. The fourth-order valence-electron chi connectivity index (χ4n) is 1.93. The number of nitrogens with one attached hydrogen (secondary N) is 1. The standard InChI is InChI=1S/C17H18N2O2/c1-17(2,3)19-16(21)14-11-18-10-9-13(14)15(20)12-7-5-4-6-8-12/h4-11H,1-3H3,(H,19,21). The van der Waals surface area contributed by atoms with Gasteiger partial charge in [-0.1, -0.05) is 30.3 Å². The van der Waals surface area contributed by atoms with Crippen molar-refractivity contribution in [3.63, 3.8) is 0 Å². The summed E-state index contributed by atoms with van der Waals surface area (Å²) in [4.78, 5) is 28.8. The van der Waals surface area contributed by atoms with E-state index in [1.165, 1.54) is 12.4 Å². The van der Waals surface area contributed by atoms with Crippen molar-refractivity contribution in [2.24, 2.45) is 0 Å². The van der Waals surface area contributed by atoms with Crippen molar-refractivity contribution in [3.8, 4) is 0 Å². The molecule has 2 rings (SSSR count). The topological polar surface area (TPSA) is 59.1 Å². The molecule has 0 unspecified atom stereocenters. The van der Waals surface area contributed by atoms with E-state index >= 15 is 0 Å². The highest BCUT2D eigenvalue weighted by Gasteiger charge is 2.21. The molecule has 1 amide bonds. The Labute approximate surface area is 124 Å². The van der Waals surface area contributed by atoms with Crippen molar-refractivity contribution in [2.45, 2.75) is 26.3 Å². The zero-order chi connectivity index (χ0) is 15.5. The van der Waals surface area contributed by atoms with Gasteiger partial charge in [0.2, 0.25) is 0 Å². The van der Waals surface area contributed by atoms with Crippen LogP contribution in [0.2, 0.25) is 0 Å². The Bertz CT molecular complexity index is 658. The third kappa shape index (κ3) is 3.75. The summed E-state index contributed by atoms with van der Waals surface area (Å²) in [6.07, 6.45) is 2.95. The summed E-state index contributed by atoms with van der Waals surface area (Å²) < 4.78 is 0. The van der Waals surface area contributed by atoms with Crippen LogP contribution < -0.4 is 5.32 Å². The van der Waals surface area contributed by atoms with E-state index in [0.29, 0.717) is 16.7 Å². The van der Waals surface area contributed by atoms with Gasteiger partial charge in [0.05, 0.1) is 5.56 Å². The van der Waals surface area contributed by atoms with E-state index in [1.807, 2.05) is 26.8 Å². The Balaban J connectivity index is 2.38. The summed E-state index contributed by atoms with van der Waals surface area (Å²) in [5.74, 6) is -0.480. The lowest BCUT2D eigenvalue weighted by atomic mass is 9.99. The van der Waals surface area contributed by atoms with E-state index in [0.717, 1.165) is 0 Å². The predicted octanol–water partition coefficient (Wildman–Crippen LogP) is 2.84. The van der Waals surface area contributed by atoms with Crippen LogP contribution in [0.4, 0.5) is 0 Å². The number of hydrogen-bond donors (Lipinski definition) is 1. The lowest BCUT2D eigenvalue weighted by Gasteiger charge is -2.21. The SMILES string of the molecule is CC(C)(C)NC(=O)c1cnccc1C(=O)c1ccccc1. The van der Waals surface area contributed by atoms with Gasteiger partial charge < -0.3 is 5.32 Å². The smallest absolute Gasteiger partial charge is 0.254 e. The van der Waals surface area contributed by atoms with E-state index < -0.39 is 0 Å². The van der Waals surface area contributed by atoms with Crippen molar-refractivity contribution in [3.05, 3.63) is 65.5 Å². The molecule has 0 saturated carbocycles. The van der Waals surface area contributed by atoms with Crippen molar-refractivity contribution >= 4 is 11.7 Å². The third-order valence-electron chi connectivity index (χ3n) is 2.83. The molecule has 108 valence electrons. The zero-order valence-corrected chi connectivity index (χ0v) is 12.4. The molecule has 4 nitrogen and oxygen atoms in total. The van der Waals surface area contributed by atoms with Gasteiger partial charge in [-0.2, -0.15) is 0 Å². The van der Waals surface area contributed by atoms with Gasteiger partial charge in [0.25, 0.3) is 5.91 Å². The number of amides is 1. The second kappa shape index (κ2) is 5.87. The second-order valence-corrected chi connectivity index (χ2v) is 5.82. The fourth-order valence-corrected chi connectivity index (χ4v) is 1.93. The Hall–Kier alpha value is -2.49. The molecule has 0 bridgehead atoms. The maximum atomic E-state index is 12.5. The number of carbonyl (C=O) groups is 2. The molecule has 2 aromatic rings. The summed E-state index contributed by atoms with van der Waals surface area (Å²) in [6.45, 7) is 5.67. The lowest BCUT2D eigenvalue weighted by Crippen LogP contribution is -2.41. The van der Waals surface area contributed by atoms with Crippen LogP contribution in [-0.4, -0.2) is 22.2 Å². The quantitative estimate of drug-likeness (QED) is 0.881. The average molecular weight is 282 g/mol. The summed E-state index contributed by atoms with van der Waals surface area (Å²) in [5.41, 5.74) is 0.827. The van der Waals surface area contributed by atoms with E-state index in [1.54, 1.807) is 30.3 Å². The van der Waals surface area contributed by atoms with Crippen LogP contribution in [-0.2, 0) is 0 Å². The second-order valence-electron chi connectivity index (χ2n) is 5.82. The molecule has 1 aromatic carbocycles. The van der Waals surface area contributed by atoms with Crippen LogP contribution in [0.25, 0.3) is 0 Å². The molecule has 0 atom stereocenters. The minimum absolute atomic E-state index is 0.183. The highest BCUT2D eigenvalue weighted by Crippen LogP contribution is 2.14. The number of ketones is 1. The summed E-state index contributed by atoms with van der Waals surface area (Å²) in [6, 6.07) is 10.5. The Morgan fingerprint density at radius 1 is 1.00 bits per heavy atom. The first kappa shape index (κ1) is 14.9. The number of carbonyl (C=O) groups excluding carboxylic acids is 2. The Kier molecular flexibility index (Phi) is 4.17. The monoisotopic (exact) mass is 282 g/mol. The van der Waals surface area contributed by atoms with Crippen LogP contribution >= 0.6 is 0 Å². The molecule has 0 radical (unpaired) electrons. The molecular formula is C17H18N2O2. The van der Waals surface area contributed by atoms with E-state index in [9.17, 15) is 9.59 Å². The first-order chi connectivity index (χ1) is 9.88. The van der Waals surface area contributed by atoms with Gasteiger partial charge in [0.15, 0.2) is 5.78 Å². The minimum atomic E-state index is -0.375. The van der Waals surface area contributed by atoms with E-state index in [2.05, 4.69) is 10.3 Å². The number of aromatic nitrogens is 1. The molecule has 0 fully saturated rings. The van der Waals surface area contributed by atoms with E-state index in [4.69, 9.17) is 0 Å².